The summed E-state index contributed by atoms with van der Waals surface area (Å²) in [6.45, 7) is 4.97. The van der Waals surface area contributed by atoms with E-state index in [-0.39, 0.29) is 16.8 Å². The number of rotatable bonds is 7. The van der Waals surface area contributed by atoms with Crippen molar-refractivity contribution in [3.63, 3.8) is 0 Å². The number of nitro groups is 1. The lowest BCUT2D eigenvalue weighted by molar-refractivity contribution is -0.384. The third-order valence-electron chi connectivity index (χ3n) is 5.62. The Bertz CT molecular complexity index is 1060. The quantitative estimate of drug-likeness (QED) is 0.371. The summed E-state index contributed by atoms with van der Waals surface area (Å²) in [6, 6.07) is 10.1. The minimum atomic E-state index is -1.16. The third kappa shape index (κ3) is 5.85. The number of primary amides is 1. The molecule has 0 bridgehead atoms. The highest BCUT2D eigenvalue weighted by molar-refractivity contribution is 5.98. The first-order valence-electron chi connectivity index (χ1n) is 10.6. The first-order valence-corrected chi connectivity index (χ1v) is 10.6. The second-order valence-electron chi connectivity index (χ2n) is 8.11. The van der Waals surface area contributed by atoms with Crippen LogP contribution in [0.15, 0.2) is 42.5 Å². The number of nitrogens with zero attached hydrogens (tertiary/aromatic N) is 2. The lowest BCUT2D eigenvalue weighted by Crippen LogP contribution is -2.33. The van der Waals surface area contributed by atoms with Gasteiger partial charge in [-0.25, -0.2) is 4.79 Å². The summed E-state index contributed by atoms with van der Waals surface area (Å²) in [6.07, 6.45) is 0.730. The molecule has 33 heavy (non-hydrogen) atoms. The van der Waals surface area contributed by atoms with Crippen molar-refractivity contribution in [2.45, 2.75) is 32.8 Å². The summed E-state index contributed by atoms with van der Waals surface area (Å²) in [4.78, 5) is 49.1. The van der Waals surface area contributed by atoms with Gasteiger partial charge < -0.3 is 20.7 Å². The number of anilines is 2. The number of ether oxygens (including phenoxy) is 1. The molecule has 0 saturated carbocycles. The number of nitrogens with two attached hydrogens (primary N) is 1. The molecule has 2 amide bonds. The lowest BCUT2D eigenvalue weighted by Gasteiger charge is -2.31. The number of benzene rings is 2. The van der Waals surface area contributed by atoms with Gasteiger partial charge in [0.25, 0.3) is 11.6 Å². The van der Waals surface area contributed by atoms with Crippen LogP contribution in [0.4, 0.5) is 17.1 Å². The molecule has 1 saturated heterocycles. The van der Waals surface area contributed by atoms with Crippen molar-refractivity contribution in [2.24, 2.45) is 11.7 Å². The van der Waals surface area contributed by atoms with Gasteiger partial charge in [0.05, 0.1) is 10.5 Å². The van der Waals surface area contributed by atoms with Crippen molar-refractivity contribution in [2.75, 3.05) is 23.3 Å². The maximum atomic E-state index is 12.5. The van der Waals surface area contributed by atoms with Crippen LogP contribution in [0.3, 0.4) is 0 Å². The number of esters is 1. The van der Waals surface area contributed by atoms with Crippen molar-refractivity contribution in [1.82, 2.24) is 0 Å². The molecular formula is C23H26N4O6. The fourth-order valence-corrected chi connectivity index (χ4v) is 3.56. The van der Waals surface area contributed by atoms with E-state index in [1.807, 2.05) is 4.90 Å². The molecule has 2 aromatic carbocycles. The molecule has 3 N–H and O–H groups in total. The molecule has 1 unspecified atom stereocenters. The molecule has 174 valence electrons. The average Bonchev–Trinajstić information content (AvgIpc) is 2.79. The van der Waals surface area contributed by atoms with Gasteiger partial charge in [-0.1, -0.05) is 6.92 Å². The molecule has 0 radical (unpaired) electrons. The van der Waals surface area contributed by atoms with Gasteiger partial charge in [-0.05, 0) is 62.1 Å². The minimum Gasteiger partial charge on any atom is -0.449 e. The van der Waals surface area contributed by atoms with E-state index < -0.39 is 28.8 Å². The van der Waals surface area contributed by atoms with Crippen LogP contribution in [0.25, 0.3) is 0 Å². The Morgan fingerprint density at radius 1 is 1.12 bits per heavy atom. The highest BCUT2D eigenvalue weighted by Crippen LogP contribution is 2.32. The van der Waals surface area contributed by atoms with Gasteiger partial charge >= 0.3 is 5.97 Å². The summed E-state index contributed by atoms with van der Waals surface area (Å²) in [5.74, 6) is -1.46. The first kappa shape index (κ1) is 23.7. The van der Waals surface area contributed by atoms with Crippen molar-refractivity contribution in [1.29, 1.82) is 0 Å². The molecule has 0 aliphatic carbocycles. The van der Waals surface area contributed by atoms with Crippen LogP contribution in [0.2, 0.25) is 0 Å². The van der Waals surface area contributed by atoms with Crippen molar-refractivity contribution >= 4 is 34.8 Å². The Morgan fingerprint density at radius 3 is 2.30 bits per heavy atom. The second kappa shape index (κ2) is 10.1. The molecule has 2 aromatic rings. The maximum Gasteiger partial charge on any atom is 0.339 e. The Kier molecular flexibility index (Phi) is 7.27. The SMILES string of the molecule is CC1CCN(c2ccc(C(=O)OC(C)C(=O)Nc3ccc(C(N)=O)cc3)cc2[N+](=O)[O-])CC1. The zero-order chi connectivity index (χ0) is 24.1. The van der Waals surface area contributed by atoms with Gasteiger partial charge in [0, 0.05) is 30.4 Å². The molecule has 1 aliphatic rings. The molecule has 1 atom stereocenters. The van der Waals surface area contributed by atoms with Crippen molar-refractivity contribution in [3.8, 4) is 0 Å². The predicted molar refractivity (Wildman–Crippen MR) is 122 cm³/mol. The standard InChI is InChI=1S/C23H26N4O6/c1-14-9-11-26(12-10-14)19-8-5-17(13-20(19)27(31)32)23(30)33-15(2)22(29)25-18-6-3-16(4-7-18)21(24)28/h3-8,13-15H,9-12H2,1-2H3,(H2,24,28)(H,25,29). The minimum absolute atomic E-state index is 0.0127. The lowest BCUT2D eigenvalue weighted by atomic mass is 9.98. The van der Waals surface area contributed by atoms with E-state index in [1.165, 1.54) is 43.3 Å². The summed E-state index contributed by atoms with van der Waals surface area (Å²) in [7, 11) is 0. The number of piperidine rings is 1. The summed E-state index contributed by atoms with van der Waals surface area (Å²) in [5, 5.41) is 14.2. The first-order chi connectivity index (χ1) is 15.7. The number of carbonyl (C=O) groups excluding carboxylic acids is 3. The van der Waals surface area contributed by atoms with Crippen molar-refractivity contribution in [3.05, 3.63) is 63.7 Å². The fourth-order valence-electron chi connectivity index (χ4n) is 3.56. The molecule has 0 aromatic heterocycles. The zero-order valence-corrected chi connectivity index (χ0v) is 18.4. The highest BCUT2D eigenvalue weighted by Gasteiger charge is 2.26. The number of nitrogens with one attached hydrogen (secondary N) is 1. The summed E-state index contributed by atoms with van der Waals surface area (Å²) in [5.41, 5.74) is 6.14. The summed E-state index contributed by atoms with van der Waals surface area (Å²) >= 11 is 0. The largest absolute Gasteiger partial charge is 0.449 e. The Morgan fingerprint density at radius 2 is 1.73 bits per heavy atom. The predicted octanol–water partition coefficient (Wildman–Crippen LogP) is 3.11. The normalized spacial score (nSPS) is 14.9. The van der Waals surface area contributed by atoms with E-state index in [2.05, 4.69) is 12.2 Å². The van der Waals surface area contributed by atoms with E-state index in [9.17, 15) is 24.5 Å². The Labute approximate surface area is 190 Å². The van der Waals surface area contributed by atoms with Crippen LogP contribution >= 0.6 is 0 Å². The molecule has 1 aliphatic heterocycles. The van der Waals surface area contributed by atoms with Gasteiger partial charge in [-0.3, -0.25) is 19.7 Å². The number of amides is 2. The average molecular weight is 454 g/mol. The van der Waals surface area contributed by atoms with E-state index in [0.717, 1.165) is 12.8 Å². The Hall–Kier alpha value is -3.95. The number of hydrogen-bond acceptors (Lipinski definition) is 7. The molecule has 0 spiro atoms. The van der Waals surface area contributed by atoms with Crippen LogP contribution in [-0.4, -0.2) is 41.9 Å². The van der Waals surface area contributed by atoms with E-state index in [4.69, 9.17) is 10.5 Å². The topological polar surface area (TPSA) is 145 Å². The van der Waals surface area contributed by atoms with E-state index >= 15 is 0 Å². The zero-order valence-electron chi connectivity index (χ0n) is 18.4. The van der Waals surface area contributed by atoms with Gasteiger partial charge in [-0.15, -0.1) is 0 Å². The molecule has 3 rings (SSSR count). The molecular weight excluding hydrogens is 428 g/mol. The van der Waals surface area contributed by atoms with Gasteiger partial charge in [0.15, 0.2) is 6.10 Å². The Balaban J connectivity index is 1.67. The van der Waals surface area contributed by atoms with Gasteiger partial charge in [-0.2, -0.15) is 0 Å². The fraction of sp³-hybridized carbons (Fsp3) is 0.348. The molecule has 10 heteroatoms. The number of carbonyl (C=O) groups is 3. The monoisotopic (exact) mass is 454 g/mol. The number of nitro benzene ring substituents is 1. The maximum absolute atomic E-state index is 12.5. The van der Waals surface area contributed by atoms with Crippen LogP contribution in [-0.2, 0) is 9.53 Å². The van der Waals surface area contributed by atoms with Gasteiger partial charge in [0.1, 0.15) is 5.69 Å². The van der Waals surface area contributed by atoms with Crippen LogP contribution < -0.4 is 16.0 Å². The van der Waals surface area contributed by atoms with Crippen LogP contribution in [0.1, 0.15) is 47.4 Å². The number of hydrogen-bond donors (Lipinski definition) is 2. The third-order valence-corrected chi connectivity index (χ3v) is 5.62. The van der Waals surface area contributed by atoms with E-state index in [1.54, 1.807) is 6.07 Å². The van der Waals surface area contributed by atoms with Crippen LogP contribution in [0, 0.1) is 16.0 Å². The van der Waals surface area contributed by atoms with E-state index in [0.29, 0.717) is 30.4 Å². The second-order valence-corrected chi connectivity index (χ2v) is 8.11. The van der Waals surface area contributed by atoms with Gasteiger partial charge in [0.2, 0.25) is 5.91 Å². The van der Waals surface area contributed by atoms with Crippen LogP contribution in [0.5, 0.6) is 0 Å². The highest BCUT2D eigenvalue weighted by atomic mass is 16.6. The summed E-state index contributed by atoms with van der Waals surface area (Å²) < 4.78 is 5.21. The molecule has 1 fully saturated rings. The smallest absolute Gasteiger partial charge is 0.339 e. The molecule has 10 nitrogen and oxygen atoms in total. The van der Waals surface area contributed by atoms with Crippen molar-refractivity contribution < 1.29 is 24.0 Å². The molecule has 1 heterocycles.